The molecule has 0 aliphatic heterocycles. The smallest absolute Gasteiger partial charge is 0.152 e. The lowest BCUT2D eigenvalue weighted by Gasteiger charge is -2.14. The lowest BCUT2D eigenvalue weighted by molar-refractivity contribution is 0.341. The number of nitrogens with zero attached hydrogens (tertiary/aromatic N) is 4. The molecule has 0 saturated heterocycles. The number of ether oxygens (including phenoxy) is 1. The third-order valence-electron chi connectivity index (χ3n) is 4.88. The summed E-state index contributed by atoms with van der Waals surface area (Å²) in [6.07, 6.45) is 0. The number of aromatic hydroxyl groups is 1. The number of rotatable bonds is 7. The average molecular weight is 491 g/mol. The van der Waals surface area contributed by atoms with Crippen molar-refractivity contribution in [3.63, 3.8) is 0 Å². The third kappa shape index (κ3) is 5.42. The van der Waals surface area contributed by atoms with Crippen LogP contribution in [0, 0.1) is 0 Å². The number of nitrogen functional groups attached to an aromatic ring is 1. The van der Waals surface area contributed by atoms with Gasteiger partial charge in [0.2, 0.25) is 0 Å². The van der Waals surface area contributed by atoms with Crippen molar-refractivity contribution in [2.45, 2.75) is 11.8 Å². The highest BCUT2D eigenvalue weighted by Gasteiger charge is 2.18. The van der Waals surface area contributed by atoms with E-state index in [0.29, 0.717) is 34.8 Å². The van der Waals surface area contributed by atoms with E-state index in [9.17, 15) is 18.1 Å². The topological polar surface area (TPSA) is 162 Å². The van der Waals surface area contributed by atoms with Gasteiger partial charge in [-0.1, -0.05) is 24.3 Å². The highest BCUT2D eigenvalue weighted by Crippen LogP contribution is 2.43. The molecular weight excluding hydrogens is 470 g/mol. The average Bonchev–Trinajstić information content (AvgIpc) is 2.83. The van der Waals surface area contributed by atoms with Gasteiger partial charge in [-0.2, -0.15) is 10.2 Å². The normalized spacial score (nSPS) is 12.1. The molecule has 0 aliphatic rings. The Kier molecular flexibility index (Phi) is 6.71. The number of phenols is 1. The van der Waals surface area contributed by atoms with Crippen LogP contribution in [-0.2, 0) is 10.1 Å². The fourth-order valence-corrected chi connectivity index (χ4v) is 3.92. The number of fused-ring (bicyclic) bond motifs is 1. The summed E-state index contributed by atoms with van der Waals surface area (Å²) in [5.41, 5.74) is 7.02. The molecule has 0 amide bonds. The van der Waals surface area contributed by atoms with Crippen LogP contribution in [-0.4, -0.2) is 24.7 Å². The first-order valence-electron chi connectivity index (χ1n) is 10.4. The zero-order valence-corrected chi connectivity index (χ0v) is 19.3. The first-order chi connectivity index (χ1) is 16.8. The van der Waals surface area contributed by atoms with Gasteiger partial charge in [-0.25, -0.2) is 8.42 Å². The summed E-state index contributed by atoms with van der Waals surface area (Å²) in [4.78, 5) is -0.706. The van der Waals surface area contributed by atoms with E-state index in [4.69, 9.17) is 10.5 Å². The molecule has 4 aromatic rings. The molecule has 0 unspecified atom stereocenters. The molecule has 0 radical (unpaired) electrons. The molecule has 0 fully saturated rings. The van der Waals surface area contributed by atoms with Crippen LogP contribution in [0.3, 0.4) is 0 Å². The molecule has 0 atom stereocenters. The minimum atomic E-state index is -4.98. The van der Waals surface area contributed by atoms with Gasteiger partial charge >= 0.3 is 0 Å². The van der Waals surface area contributed by atoms with Gasteiger partial charge in [-0.3, -0.25) is 0 Å². The summed E-state index contributed by atoms with van der Waals surface area (Å²) >= 11 is 0. The van der Waals surface area contributed by atoms with Crippen molar-refractivity contribution in [1.29, 1.82) is 0 Å². The second kappa shape index (κ2) is 9.87. The summed E-state index contributed by atoms with van der Waals surface area (Å²) in [5.74, 6) is -0.226. The van der Waals surface area contributed by atoms with E-state index in [1.54, 1.807) is 37.3 Å². The molecular formula is C24H20N5O5S-. The number of phenolic OH excluding ortho intramolecular Hbond substituents is 1. The molecule has 3 N–H and O–H groups in total. The minimum absolute atomic E-state index is 0.229. The van der Waals surface area contributed by atoms with Crippen LogP contribution in [0.4, 0.5) is 28.4 Å². The summed E-state index contributed by atoms with van der Waals surface area (Å²) < 4.78 is 41.3. The molecule has 11 heteroatoms. The number of benzene rings is 4. The molecule has 0 aliphatic carbocycles. The summed E-state index contributed by atoms with van der Waals surface area (Å²) in [6.45, 7) is 2.09. The van der Waals surface area contributed by atoms with Gasteiger partial charge in [-0.15, -0.1) is 10.2 Å². The molecule has 0 saturated carbocycles. The van der Waals surface area contributed by atoms with Gasteiger partial charge in [0, 0.05) is 17.1 Å². The molecule has 0 bridgehead atoms. The predicted octanol–water partition coefficient (Wildman–Crippen LogP) is 6.26. The van der Waals surface area contributed by atoms with Crippen LogP contribution in [0.25, 0.3) is 10.8 Å². The van der Waals surface area contributed by atoms with Crippen LogP contribution >= 0.6 is 0 Å². The van der Waals surface area contributed by atoms with Crippen LogP contribution in [0.1, 0.15) is 6.92 Å². The number of hydrogen-bond acceptors (Lipinski definition) is 10. The third-order valence-corrected chi connectivity index (χ3v) is 5.73. The fourth-order valence-electron chi connectivity index (χ4n) is 3.28. The first-order valence-corrected chi connectivity index (χ1v) is 11.8. The number of hydrogen-bond donors (Lipinski definition) is 2. The number of nitrogens with two attached hydrogens (primary N) is 1. The monoisotopic (exact) mass is 490 g/mol. The Balaban J connectivity index is 1.76. The number of anilines is 1. The Labute approximate surface area is 201 Å². The molecule has 10 nitrogen and oxygen atoms in total. The van der Waals surface area contributed by atoms with E-state index < -0.39 is 26.5 Å². The highest BCUT2D eigenvalue weighted by atomic mass is 32.2. The second-order valence-electron chi connectivity index (χ2n) is 7.33. The van der Waals surface area contributed by atoms with E-state index >= 15 is 0 Å². The van der Waals surface area contributed by atoms with Crippen LogP contribution in [0.5, 0.6) is 11.5 Å². The lowest BCUT2D eigenvalue weighted by Crippen LogP contribution is -1.99. The van der Waals surface area contributed by atoms with Gasteiger partial charge in [0.25, 0.3) is 0 Å². The van der Waals surface area contributed by atoms with E-state index in [1.807, 2.05) is 18.2 Å². The standard InChI is InChI=1S/C24H21N5O5S/c1-2-34-21-14-18(27-26-17-6-4-3-5-7-17)10-11-20(21)28-29-23-22(35(31,32)33)12-15-8-9-16(25)13-19(15)24(23)30/h3-14,30H,2,25H2,1H3,(H,31,32,33)/p-1. The molecule has 0 aromatic heterocycles. The molecule has 4 rings (SSSR count). The fraction of sp³-hybridized carbons (Fsp3) is 0.0833. The van der Waals surface area contributed by atoms with Crippen molar-refractivity contribution < 1.29 is 22.8 Å². The maximum atomic E-state index is 11.9. The van der Waals surface area contributed by atoms with Crippen LogP contribution < -0.4 is 10.5 Å². The van der Waals surface area contributed by atoms with Gasteiger partial charge in [0.15, 0.2) is 5.75 Å². The van der Waals surface area contributed by atoms with Gasteiger partial charge in [0.05, 0.1) is 22.9 Å². The van der Waals surface area contributed by atoms with Crippen molar-refractivity contribution in [2.24, 2.45) is 20.5 Å². The van der Waals surface area contributed by atoms with Crippen molar-refractivity contribution in [2.75, 3.05) is 12.3 Å². The predicted molar refractivity (Wildman–Crippen MR) is 130 cm³/mol. The Morgan fingerprint density at radius 3 is 2.37 bits per heavy atom. The molecule has 35 heavy (non-hydrogen) atoms. The largest absolute Gasteiger partial charge is 0.744 e. The maximum Gasteiger partial charge on any atom is 0.152 e. The molecule has 4 aromatic carbocycles. The lowest BCUT2D eigenvalue weighted by atomic mass is 10.1. The van der Waals surface area contributed by atoms with Crippen molar-refractivity contribution >= 4 is 49.3 Å². The maximum absolute atomic E-state index is 11.9. The van der Waals surface area contributed by atoms with Crippen molar-refractivity contribution in [1.82, 2.24) is 0 Å². The van der Waals surface area contributed by atoms with E-state index in [0.717, 1.165) is 6.07 Å². The van der Waals surface area contributed by atoms with Gasteiger partial charge in [0.1, 0.15) is 27.2 Å². The van der Waals surface area contributed by atoms with E-state index in [2.05, 4.69) is 20.5 Å². The van der Waals surface area contributed by atoms with Gasteiger partial charge < -0.3 is 20.1 Å². The summed E-state index contributed by atoms with van der Waals surface area (Å²) in [5, 5.41) is 27.6. The first kappa shape index (κ1) is 23.8. The highest BCUT2D eigenvalue weighted by molar-refractivity contribution is 7.86. The van der Waals surface area contributed by atoms with E-state index in [1.165, 1.54) is 18.2 Å². The number of azo groups is 2. The Bertz CT molecular complexity index is 1550. The molecule has 0 heterocycles. The van der Waals surface area contributed by atoms with Gasteiger partial charge in [-0.05, 0) is 54.8 Å². The van der Waals surface area contributed by atoms with Crippen molar-refractivity contribution in [3.05, 3.63) is 72.8 Å². The molecule has 178 valence electrons. The Morgan fingerprint density at radius 2 is 1.66 bits per heavy atom. The minimum Gasteiger partial charge on any atom is -0.744 e. The summed E-state index contributed by atoms with van der Waals surface area (Å²) in [6, 6.07) is 19.5. The van der Waals surface area contributed by atoms with Crippen LogP contribution in [0.2, 0.25) is 0 Å². The SMILES string of the molecule is CCOc1cc(N=Nc2ccccc2)ccc1N=Nc1c(S(=O)(=O)[O-])cc2ccc(N)cc2c1O. The van der Waals surface area contributed by atoms with E-state index in [-0.39, 0.29) is 11.1 Å². The second-order valence-corrected chi connectivity index (χ2v) is 8.68. The Hall–Kier alpha value is -4.35. The van der Waals surface area contributed by atoms with Crippen molar-refractivity contribution in [3.8, 4) is 11.5 Å². The molecule has 0 spiro atoms. The Morgan fingerprint density at radius 1 is 0.914 bits per heavy atom. The zero-order valence-electron chi connectivity index (χ0n) is 18.5. The quantitative estimate of drug-likeness (QED) is 0.176. The van der Waals surface area contributed by atoms with Crippen LogP contribution in [0.15, 0.2) is 98.1 Å². The summed E-state index contributed by atoms with van der Waals surface area (Å²) in [7, 11) is -4.98. The zero-order chi connectivity index (χ0) is 25.0.